The molecule has 0 aromatic heterocycles. The quantitative estimate of drug-likeness (QED) is 0.542. The van der Waals surface area contributed by atoms with Crippen LogP contribution in [0, 0.1) is 15.9 Å². The second-order valence-corrected chi connectivity index (χ2v) is 7.65. The number of halogens is 1. The maximum atomic E-state index is 13.8. The van der Waals surface area contributed by atoms with Gasteiger partial charge in [0.1, 0.15) is 0 Å². The van der Waals surface area contributed by atoms with Crippen molar-refractivity contribution in [2.75, 3.05) is 14.2 Å². The Kier molecular flexibility index (Phi) is 5.94. The lowest BCUT2D eigenvalue weighted by Gasteiger charge is -2.19. The van der Waals surface area contributed by atoms with Crippen LogP contribution in [0.2, 0.25) is 0 Å². The molecule has 26 heavy (non-hydrogen) atoms. The highest BCUT2D eigenvalue weighted by molar-refractivity contribution is 7.89. The molecular formula is C17H19FN2O5S. The Bertz CT molecular complexity index is 931. The van der Waals surface area contributed by atoms with Crippen LogP contribution in [0.3, 0.4) is 0 Å². The van der Waals surface area contributed by atoms with Crippen LogP contribution in [0.15, 0.2) is 41.3 Å². The number of sulfonamides is 1. The summed E-state index contributed by atoms with van der Waals surface area (Å²) in [5.74, 6) is -0.536. The minimum atomic E-state index is -3.99. The second kappa shape index (κ2) is 7.79. The van der Waals surface area contributed by atoms with Gasteiger partial charge in [0.15, 0.2) is 11.6 Å². The molecule has 0 atom stereocenters. The minimum Gasteiger partial charge on any atom is -0.494 e. The summed E-state index contributed by atoms with van der Waals surface area (Å²) in [6.07, 6.45) is 0.400. The Morgan fingerprint density at radius 3 is 2.46 bits per heavy atom. The van der Waals surface area contributed by atoms with Crippen molar-refractivity contribution in [1.29, 1.82) is 0 Å². The van der Waals surface area contributed by atoms with Gasteiger partial charge in [-0.1, -0.05) is 19.1 Å². The number of non-ortho nitro benzene ring substituents is 1. The van der Waals surface area contributed by atoms with Crippen molar-refractivity contribution < 1.29 is 22.5 Å². The zero-order valence-corrected chi connectivity index (χ0v) is 15.4. The van der Waals surface area contributed by atoms with E-state index in [1.807, 2.05) is 0 Å². The monoisotopic (exact) mass is 382 g/mol. The van der Waals surface area contributed by atoms with E-state index >= 15 is 0 Å². The van der Waals surface area contributed by atoms with Gasteiger partial charge in [-0.25, -0.2) is 12.8 Å². The summed E-state index contributed by atoms with van der Waals surface area (Å²) in [5.41, 5.74) is 0.603. The third-order valence-corrected chi connectivity index (χ3v) is 5.84. The van der Waals surface area contributed by atoms with Gasteiger partial charge in [-0.15, -0.1) is 0 Å². The molecule has 0 fully saturated rings. The third kappa shape index (κ3) is 4.00. The summed E-state index contributed by atoms with van der Waals surface area (Å²) in [7, 11) is -1.31. The molecule has 0 unspecified atom stereocenters. The Hall–Kier alpha value is -2.52. The van der Waals surface area contributed by atoms with Crippen LogP contribution in [0.4, 0.5) is 10.1 Å². The first-order valence-electron chi connectivity index (χ1n) is 7.76. The first-order valence-corrected chi connectivity index (χ1v) is 9.20. The number of hydrogen-bond donors (Lipinski definition) is 0. The molecule has 2 aromatic carbocycles. The molecule has 0 radical (unpaired) electrons. The molecule has 0 aliphatic heterocycles. The van der Waals surface area contributed by atoms with E-state index in [0.717, 1.165) is 10.4 Å². The van der Waals surface area contributed by atoms with E-state index in [4.69, 9.17) is 4.74 Å². The predicted octanol–water partition coefficient (Wildman–Crippen LogP) is 3.13. The topological polar surface area (TPSA) is 89.8 Å². The van der Waals surface area contributed by atoms with Crippen molar-refractivity contribution in [2.24, 2.45) is 0 Å². The van der Waals surface area contributed by atoms with Crippen LogP contribution < -0.4 is 4.74 Å². The number of ether oxygens (including phenoxy) is 1. The molecular weight excluding hydrogens is 363 g/mol. The fourth-order valence-corrected chi connectivity index (χ4v) is 3.98. The number of aryl methyl sites for hydroxylation is 1. The summed E-state index contributed by atoms with van der Waals surface area (Å²) < 4.78 is 45.5. The van der Waals surface area contributed by atoms with Crippen LogP contribution in [0.1, 0.15) is 18.1 Å². The predicted molar refractivity (Wildman–Crippen MR) is 94.1 cm³/mol. The maximum absolute atomic E-state index is 13.8. The lowest BCUT2D eigenvalue weighted by Crippen LogP contribution is -2.27. The average Bonchev–Trinajstić information content (AvgIpc) is 2.61. The SMILES string of the molecule is CCc1ccc([N+](=O)[O-])cc1S(=O)(=O)N(C)Cc1ccc(OC)c(F)c1. The smallest absolute Gasteiger partial charge is 0.270 e. The van der Waals surface area contributed by atoms with Crippen molar-refractivity contribution >= 4 is 15.7 Å². The zero-order chi connectivity index (χ0) is 19.5. The van der Waals surface area contributed by atoms with E-state index in [-0.39, 0.29) is 22.9 Å². The van der Waals surface area contributed by atoms with Gasteiger partial charge in [0.2, 0.25) is 10.0 Å². The van der Waals surface area contributed by atoms with E-state index in [1.165, 1.54) is 38.4 Å². The molecule has 0 aliphatic carbocycles. The summed E-state index contributed by atoms with van der Waals surface area (Å²) in [6.45, 7) is 1.67. The van der Waals surface area contributed by atoms with Gasteiger partial charge in [0.05, 0.1) is 16.9 Å². The van der Waals surface area contributed by atoms with E-state index in [0.29, 0.717) is 17.5 Å². The number of benzene rings is 2. The summed E-state index contributed by atoms with van der Waals surface area (Å²) in [4.78, 5) is 10.2. The molecule has 0 spiro atoms. The van der Waals surface area contributed by atoms with Crippen LogP contribution in [-0.4, -0.2) is 31.8 Å². The molecule has 140 valence electrons. The van der Waals surface area contributed by atoms with Gasteiger partial charge in [-0.05, 0) is 29.7 Å². The van der Waals surface area contributed by atoms with Crippen LogP contribution in [0.25, 0.3) is 0 Å². The largest absolute Gasteiger partial charge is 0.494 e. The van der Waals surface area contributed by atoms with Gasteiger partial charge in [0, 0.05) is 25.7 Å². The highest BCUT2D eigenvalue weighted by Crippen LogP contribution is 2.26. The summed E-state index contributed by atoms with van der Waals surface area (Å²) in [6, 6.07) is 7.93. The highest BCUT2D eigenvalue weighted by atomic mass is 32.2. The number of hydrogen-bond acceptors (Lipinski definition) is 5. The van der Waals surface area contributed by atoms with E-state index < -0.39 is 20.8 Å². The second-order valence-electron chi connectivity index (χ2n) is 5.63. The van der Waals surface area contributed by atoms with Gasteiger partial charge < -0.3 is 4.74 Å². The van der Waals surface area contributed by atoms with Crippen LogP contribution in [0.5, 0.6) is 5.75 Å². The number of methoxy groups -OCH3 is 1. The molecule has 2 aromatic rings. The molecule has 0 amide bonds. The van der Waals surface area contributed by atoms with Gasteiger partial charge in [-0.3, -0.25) is 10.1 Å². The summed E-state index contributed by atoms with van der Waals surface area (Å²) >= 11 is 0. The Morgan fingerprint density at radius 1 is 1.23 bits per heavy atom. The molecule has 0 aliphatic rings. The molecule has 2 rings (SSSR count). The van der Waals surface area contributed by atoms with Crippen molar-refractivity contribution in [2.45, 2.75) is 24.8 Å². The summed E-state index contributed by atoms with van der Waals surface area (Å²) in [5, 5.41) is 11.0. The fraction of sp³-hybridized carbons (Fsp3) is 0.294. The lowest BCUT2D eigenvalue weighted by molar-refractivity contribution is -0.385. The van der Waals surface area contributed by atoms with Gasteiger partial charge in [-0.2, -0.15) is 4.31 Å². The van der Waals surface area contributed by atoms with Crippen molar-refractivity contribution in [1.82, 2.24) is 4.31 Å². The number of nitrogens with zero attached hydrogens (tertiary/aromatic N) is 2. The normalized spacial score (nSPS) is 11.6. The van der Waals surface area contributed by atoms with Crippen LogP contribution in [-0.2, 0) is 23.0 Å². The number of rotatable bonds is 7. The van der Waals surface area contributed by atoms with E-state index in [1.54, 1.807) is 13.0 Å². The average molecular weight is 382 g/mol. The Balaban J connectivity index is 2.38. The standard InChI is InChI=1S/C17H19FN2O5S/c1-4-13-6-7-14(20(21)22)10-17(13)26(23,24)19(2)11-12-5-8-16(25-3)15(18)9-12/h5-10H,4,11H2,1-3H3. The number of nitro benzene ring substituents is 1. The molecule has 0 bridgehead atoms. The number of nitro groups is 1. The third-order valence-electron chi connectivity index (χ3n) is 3.95. The Labute approximate surface area is 151 Å². The van der Waals surface area contributed by atoms with E-state index in [2.05, 4.69) is 0 Å². The molecule has 0 heterocycles. The van der Waals surface area contributed by atoms with Gasteiger partial charge >= 0.3 is 0 Å². The molecule has 7 nitrogen and oxygen atoms in total. The Morgan fingerprint density at radius 2 is 1.92 bits per heavy atom. The first-order chi connectivity index (χ1) is 12.2. The zero-order valence-electron chi connectivity index (χ0n) is 14.6. The molecule has 0 saturated heterocycles. The minimum absolute atomic E-state index is 0.0613. The van der Waals surface area contributed by atoms with Crippen LogP contribution >= 0.6 is 0 Å². The fourth-order valence-electron chi connectivity index (χ4n) is 2.51. The maximum Gasteiger partial charge on any atom is 0.270 e. The first kappa shape index (κ1) is 19.8. The lowest BCUT2D eigenvalue weighted by atomic mass is 10.1. The van der Waals surface area contributed by atoms with Gasteiger partial charge in [0.25, 0.3) is 5.69 Å². The van der Waals surface area contributed by atoms with E-state index in [9.17, 15) is 22.9 Å². The van der Waals surface area contributed by atoms with Crippen molar-refractivity contribution in [3.63, 3.8) is 0 Å². The molecule has 0 N–H and O–H groups in total. The highest BCUT2D eigenvalue weighted by Gasteiger charge is 2.26. The molecule has 0 saturated carbocycles. The van der Waals surface area contributed by atoms with Crippen molar-refractivity contribution in [3.8, 4) is 5.75 Å². The van der Waals surface area contributed by atoms with Crippen molar-refractivity contribution in [3.05, 3.63) is 63.5 Å². The molecule has 9 heteroatoms.